The number of pyridine rings is 1. The number of hydrogen-bond acceptors (Lipinski definition) is 4. The summed E-state index contributed by atoms with van der Waals surface area (Å²) in [4.78, 5) is 16.8. The average molecular weight is 462 g/mol. The van der Waals surface area contributed by atoms with E-state index >= 15 is 0 Å². The Morgan fingerprint density at radius 2 is 1.68 bits per heavy atom. The zero-order valence-electron chi connectivity index (χ0n) is 14.9. The Kier molecular flexibility index (Phi) is 6.99. The number of nitrogens with zero attached hydrogens (tertiary/aromatic N) is 2. The van der Waals surface area contributed by atoms with Gasteiger partial charge in [-0.25, -0.2) is 8.42 Å². The first kappa shape index (κ1) is 21.5. The number of carbonyl (C=O) groups excluding carboxylic acids is 1. The number of aromatic nitrogens is 1. The number of hydrogen-bond donors (Lipinski definition) is 0. The van der Waals surface area contributed by atoms with Crippen molar-refractivity contribution in [2.75, 3.05) is 13.1 Å². The minimum absolute atomic E-state index is 0.0728. The minimum atomic E-state index is -3.68. The minimum Gasteiger partial charge on any atom is -0.299 e. The molecule has 0 aliphatic carbocycles. The van der Waals surface area contributed by atoms with E-state index in [9.17, 15) is 13.2 Å². The molecule has 3 rings (SSSR count). The van der Waals surface area contributed by atoms with Crippen LogP contribution in [0.2, 0.25) is 15.1 Å². The van der Waals surface area contributed by atoms with E-state index in [0.29, 0.717) is 43.8 Å². The molecule has 1 aromatic heterocycles. The van der Waals surface area contributed by atoms with Crippen molar-refractivity contribution in [1.29, 1.82) is 0 Å². The summed E-state index contributed by atoms with van der Waals surface area (Å²) < 4.78 is 27.0. The molecule has 1 aliphatic heterocycles. The van der Waals surface area contributed by atoms with Gasteiger partial charge in [-0.3, -0.25) is 9.78 Å². The van der Waals surface area contributed by atoms with Gasteiger partial charge in [0.25, 0.3) is 0 Å². The molecular weight excluding hydrogens is 443 g/mol. The number of ketones is 1. The SMILES string of the molecule is O=C(CCc1ccc(Cl)cn1)C1CCN(S(=O)(=O)c2cc(Cl)cc(Cl)c2)CC1. The fraction of sp³-hybridized carbons (Fsp3) is 0.368. The second-order valence-electron chi connectivity index (χ2n) is 6.72. The van der Waals surface area contributed by atoms with Crippen LogP contribution in [0.4, 0.5) is 0 Å². The molecule has 2 heterocycles. The fourth-order valence-corrected chi connectivity index (χ4v) is 5.56. The molecule has 0 atom stereocenters. The highest BCUT2D eigenvalue weighted by molar-refractivity contribution is 7.89. The maximum atomic E-state index is 12.8. The van der Waals surface area contributed by atoms with E-state index in [-0.39, 0.29) is 26.6 Å². The first-order chi connectivity index (χ1) is 13.3. The Hall–Kier alpha value is -1.18. The number of aryl methyl sites for hydroxylation is 1. The van der Waals surface area contributed by atoms with Gasteiger partial charge >= 0.3 is 0 Å². The van der Waals surface area contributed by atoms with Crippen molar-refractivity contribution in [2.45, 2.75) is 30.6 Å². The molecule has 150 valence electrons. The third-order valence-electron chi connectivity index (χ3n) is 4.80. The highest BCUT2D eigenvalue weighted by Gasteiger charge is 2.32. The summed E-state index contributed by atoms with van der Waals surface area (Å²) in [6, 6.07) is 7.82. The maximum Gasteiger partial charge on any atom is 0.243 e. The normalized spacial score (nSPS) is 16.2. The Morgan fingerprint density at radius 3 is 2.25 bits per heavy atom. The van der Waals surface area contributed by atoms with Crippen molar-refractivity contribution >= 4 is 50.6 Å². The Morgan fingerprint density at radius 1 is 1.04 bits per heavy atom. The molecule has 28 heavy (non-hydrogen) atoms. The summed E-state index contributed by atoms with van der Waals surface area (Å²) >= 11 is 17.7. The largest absolute Gasteiger partial charge is 0.299 e. The summed E-state index contributed by atoms with van der Waals surface area (Å²) in [5, 5.41) is 1.10. The topological polar surface area (TPSA) is 67.3 Å². The van der Waals surface area contributed by atoms with Gasteiger partial charge in [0.2, 0.25) is 10.0 Å². The van der Waals surface area contributed by atoms with Crippen LogP contribution in [0.1, 0.15) is 25.0 Å². The van der Waals surface area contributed by atoms with Crippen LogP contribution in [0.15, 0.2) is 41.4 Å². The molecule has 2 aromatic rings. The number of piperidine rings is 1. The van der Waals surface area contributed by atoms with Crippen molar-refractivity contribution in [3.8, 4) is 0 Å². The lowest BCUT2D eigenvalue weighted by atomic mass is 9.91. The molecular formula is C19H19Cl3N2O3S. The van der Waals surface area contributed by atoms with E-state index in [1.807, 2.05) is 0 Å². The molecule has 1 aliphatic rings. The molecule has 1 aromatic carbocycles. The summed E-state index contributed by atoms with van der Waals surface area (Å²) in [5.41, 5.74) is 0.815. The lowest BCUT2D eigenvalue weighted by molar-refractivity contribution is -0.123. The smallest absolute Gasteiger partial charge is 0.243 e. The van der Waals surface area contributed by atoms with E-state index in [1.54, 1.807) is 18.3 Å². The Balaban J connectivity index is 1.57. The van der Waals surface area contributed by atoms with Crippen LogP contribution in [0.5, 0.6) is 0 Å². The van der Waals surface area contributed by atoms with Gasteiger partial charge in [0.15, 0.2) is 0 Å². The lowest BCUT2D eigenvalue weighted by Gasteiger charge is -2.30. The van der Waals surface area contributed by atoms with Crippen LogP contribution >= 0.6 is 34.8 Å². The van der Waals surface area contributed by atoms with Crippen molar-refractivity contribution in [3.05, 3.63) is 57.3 Å². The first-order valence-corrected chi connectivity index (χ1v) is 11.4. The zero-order chi connectivity index (χ0) is 20.3. The molecule has 0 N–H and O–H groups in total. The molecule has 1 saturated heterocycles. The number of halogens is 3. The van der Waals surface area contributed by atoms with Crippen molar-refractivity contribution in [3.63, 3.8) is 0 Å². The van der Waals surface area contributed by atoms with Gasteiger partial charge in [0.05, 0.1) is 9.92 Å². The molecule has 0 saturated carbocycles. The standard InChI is InChI=1S/C19H19Cl3N2O3S/c20-14-1-2-17(23-12-14)3-4-19(25)13-5-7-24(8-6-13)28(26,27)18-10-15(21)9-16(22)11-18/h1-2,9-13H,3-8H2. The van der Waals surface area contributed by atoms with E-state index in [2.05, 4.69) is 4.98 Å². The van der Waals surface area contributed by atoms with Gasteiger partial charge in [0, 0.05) is 47.4 Å². The number of benzene rings is 1. The van der Waals surface area contributed by atoms with Crippen LogP contribution in [-0.4, -0.2) is 36.6 Å². The van der Waals surface area contributed by atoms with E-state index < -0.39 is 10.0 Å². The molecule has 0 spiro atoms. The lowest BCUT2D eigenvalue weighted by Crippen LogP contribution is -2.40. The number of carbonyl (C=O) groups is 1. The monoisotopic (exact) mass is 460 g/mol. The number of Topliss-reactive ketones (excluding diaryl/α,β-unsaturated/α-hetero) is 1. The Bertz CT molecular complexity index is 937. The van der Waals surface area contributed by atoms with Crippen LogP contribution in [0, 0.1) is 5.92 Å². The van der Waals surface area contributed by atoms with E-state index in [4.69, 9.17) is 34.8 Å². The second-order valence-corrected chi connectivity index (χ2v) is 9.96. The van der Waals surface area contributed by atoms with Gasteiger partial charge in [-0.15, -0.1) is 0 Å². The molecule has 1 fully saturated rings. The Labute approximate surface area is 179 Å². The zero-order valence-corrected chi connectivity index (χ0v) is 18.0. The average Bonchev–Trinajstić information content (AvgIpc) is 2.66. The summed E-state index contributed by atoms with van der Waals surface area (Å²) in [5.74, 6) is 0.00120. The van der Waals surface area contributed by atoms with Crippen molar-refractivity contribution in [1.82, 2.24) is 9.29 Å². The van der Waals surface area contributed by atoms with Crippen molar-refractivity contribution < 1.29 is 13.2 Å². The van der Waals surface area contributed by atoms with Crippen LogP contribution in [-0.2, 0) is 21.2 Å². The molecule has 0 bridgehead atoms. The highest BCUT2D eigenvalue weighted by atomic mass is 35.5. The molecule has 5 nitrogen and oxygen atoms in total. The van der Waals surface area contributed by atoms with Gasteiger partial charge in [-0.05, 0) is 49.6 Å². The van der Waals surface area contributed by atoms with Gasteiger partial charge in [-0.1, -0.05) is 34.8 Å². The third-order valence-corrected chi connectivity index (χ3v) is 7.34. The van der Waals surface area contributed by atoms with Gasteiger partial charge < -0.3 is 0 Å². The predicted octanol–water partition coefficient (Wildman–Crippen LogP) is 4.64. The summed E-state index contributed by atoms with van der Waals surface area (Å²) in [6.07, 6.45) is 3.50. The second kappa shape index (κ2) is 9.09. The predicted molar refractivity (Wildman–Crippen MR) is 111 cm³/mol. The van der Waals surface area contributed by atoms with Crippen LogP contribution < -0.4 is 0 Å². The molecule has 0 unspecified atom stereocenters. The van der Waals surface area contributed by atoms with E-state index in [1.165, 1.54) is 22.5 Å². The van der Waals surface area contributed by atoms with Crippen LogP contribution in [0.25, 0.3) is 0 Å². The quantitative estimate of drug-likeness (QED) is 0.628. The maximum absolute atomic E-state index is 12.8. The summed E-state index contributed by atoms with van der Waals surface area (Å²) in [6.45, 7) is 0.587. The molecule has 0 radical (unpaired) electrons. The number of rotatable bonds is 6. The fourth-order valence-electron chi connectivity index (χ4n) is 3.25. The summed E-state index contributed by atoms with van der Waals surface area (Å²) in [7, 11) is -3.68. The highest BCUT2D eigenvalue weighted by Crippen LogP contribution is 2.28. The van der Waals surface area contributed by atoms with Crippen LogP contribution in [0.3, 0.4) is 0 Å². The molecule has 9 heteroatoms. The third kappa shape index (κ3) is 5.24. The van der Waals surface area contributed by atoms with Crippen molar-refractivity contribution in [2.24, 2.45) is 5.92 Å². The van der Waals surface area contributed by atoms with E-state index in [0.717, 1.165) is 5.69 Å². The van der Waals surface area contributed by atoms with Gasteiger partial charge in [0.1, 0.15) is 5.78 Å². The first-order valence-electron chi connectivity index (χ1n) is 8.85. The molecule has 0 amide bonds. The van der Waals surface area contributed by atoms with Gasteiger partial charge in [-0.2, -0.15) is 4.31 Å². The number of sulfonamides is 1.